The smallest absolute Gasteiger partial charge is 0.223 e. The van der Waals surface area contributed by atoms with Gasteiger partial charge in [0.1, 0.15) is 0 Å². The molecule has 0 saturated carbocycles. The van der Waals surface area contributed by atoms with Crippen molar-refractivity contribution >= 4 is 32.7 Å². The summed E-state index contributed by atoms with van der Waals surface area (Å²) in [5, 5.41) is 1.32. The minimum absolute atomic E-state index is 0.274. The van der Waals surface area contributed by atoms with Crippen LogP contribution < -0.4 is 0 Å². The maximum Gasteiger partial charge on any atom is 0.223 e. The summed E-state index contributed by atoms with van der Waals surface area (Å²) in [7, 11) is 0. The molecule has 3 heterocycles. The Bertz CT molecular complexity index is 676. The number of halogens is 1. The highest BCUT2D eigenvalue weighted by atomic mass is 79.9. The van der Waals surface area contributed by atoms with E-state index in [4.69, 9.17) is 0 Å². The van der Waals surface area contributed by atoms with E-state index in [0.29, 0.717) is 5.91 Å². The SMILES string of the molecule is O=C1CCC[C@@H]2c3[nH]c4cc(Br)ccc4c3CCN12. The van der Waals surface area contributed by atoms with Crippen molar-refractivity contribution in [3.63, 3.8) is 0 Å². The molecule has 0 radical (unpaired) electrons. The molecule has 3 nitrogen and oxygen atoms in total. The van der Waals surface area contributed by atoms with Gasteiger partial charge in [-0.3, -0.25) is 4.79 Å². The van der Waals surface area contributed by atoms with Crippen LogP contribution in [-0.4, -0.2) is 22.3 Å². The Morgan fingerprint density at radius 2 is 2.21 bits per heavy atom. The number of nitrogens with zero attached hydrogens (tertiary/aromatic N) is 1. The number of hydrogen-bond acceptors (Lipinski definition) is 1. The van der Waals surface area contributed by atoms with Gasteiger partial charge in [-0.2, -0.15) is 0 Å². The number of aromatic amines is 1. The summed E-state index contributed by atoms with van der Waals surface area (Å²) in [6.45, 7) is 0.875. The number of hydrogen-bond donors (Lipinski definition) is 1. The van der Waals surface area contributed by atoms with Crippen LogP contribution in [0.3, 0.4) is 0 Å². The van der Waals surface area contributed by atoms with Crippen LogP contribution in [-0.2, 0) is 11.2 Å². The van der Waals surface area contributed by atoms with Gasteiger partial charge >= 0.3 is 0 Å². The Kier molecular flexibility index (Phi) is 2.49. The molecule has 1 aromatic carbocycles. The normalized spacial score (nSPS) is 22.5. The molecule has 1 aromatic heterocycles. The number of amides is 1. The van der Waals surface area contributed by atoms with E-state index in [1.807, 2.05) is 0 Å². The molecule has 1 saturated heterocycles. The van der Waals surface area contributed by atoms with E-state index in [0.717, 1.165) is 36.7 Å². The number of carbonyl (C=O) groups is 1. The molecule has 1 atom stereocenters. The van der Waals surface area contributed by atoms with Crippen molar-refractivity contribution < 1.29 is 4.79 Å². The standard InChI is InChI=1S/C15H15BrN2O/c16-9-4-5-10-11-6-7-18-13(2-1-3-14(18)19)15(11)17-12(10)8-9/h4-5,8,13,17H,1-3,6-7H2/t13-/m1/s1. The topological polar surface area (TPSA) is 36.1 Å². The summed E-state index contributed by atoms with van der Waals surface area (Å²) >= 11 is 3.52. The summed E-state index contributed by atoms with van der Waals surface area (Å²) in [4.78, 5) is 17.6. The van der Waals surface area contributed by atoms with E-state index in [1.54, 1.807) is 0 Å². The monoisotopic (exact) mass is 318 g/mol. The third-order valence-electron chi connectivity index (χ3n) is 4.40. The second-order valence-electron chi connectivity index (χ2n) is 5.45. The molecule has 19 heavy (non-hydrogen) atoms. The molecule has 98 valence electrons. The highest BCUT2D eigenvalue weighted by Gasteiger charge is 2.35. The maximum atomic E-state index is 12.0. The van der Waals surface area contributed by atoms with Crippen molar-refractivity contribution in [3.8, 4) is 0 Å². The van der Waals surface area contributed by atoms with Crippen LogP contribution in [0, 0.1) is 0 Å². The fourth-order valence-electron chi connectivity index (χ4n) is 3.54. The summed E-state index contributed by atoms with van der Waals surface area (Å²) in [5.41, 5.74) is 3.87. The average Bonchev–Trinajstić information content (AvgIpc) is 2.77. The first-order chi connectivity index (χ1) is 9.24. The zero-order chi connectivity index (χ0) is 13.0. The summed E-state index contributed by atoms with van der Waals surface area (Å²) in [5.74, 6) is 0.321. The fourth-order valence-corrected chi connectivity index (χ4v) is 3.90. The lowest BCUT2D eigenvalue weighted by atomic mass is 9.90. The van der Waals surface area contributed by atoms with Gasteiger partial charge in [-0.25, -0.2) is 0 Å². The number of piperidine rings is 1. The zero-order valence-electron chi connectivity index (χ0n) is 10.6. The van der Waals surface area contributed by atoms with E-state index < -0.39 is 0 Å². The molecule has 2 aromatic rings. The van der Waals surface area contributed by atoms with Crippen LogP contribution in [0.5, 0.6) is 0 Å². The highest BCUT2D eigenvalue weighted by molar-refractivity contribution is 9.10. The summed E-state index contributed by atoms with van der Waals surface area (Å²) in [6, 6.07) is 6.67. The number of H-pyrrole nitrogens is 1. The fraction of sp³-hybridized carbons (Fsp3) is 0.400. The Labute approximate surface area is 120 Å². The Morgan fingerprint density at radius 3 is 3.11 bits per heavy atom. The predicted octanol–water partition coefficient (Wildman–Crippen LogP) is 3.54. The van der Waals surface area contributed by atoms with E-state index in [2.05, 4.69) is 44.0 Å². The maximum absolute atomic E-state index is 12.0. The van der Waals surface area contributed by atoms with E-state index in [1.165, 1.54) is 22.2 Å². The van der Waals surface area contributed by atoms with Gasteiger partial charge in [0.2, 0.25) is 5.91 Å². The molecule has 0 spiro atoms. The molecule has 0 bridgehead atoms. The number of fused-ring (bicyclic) bond motifs is 5. The van der Waals surface area contributed by atoms with Gasteiger partial charge in [0.25, 0.3) is 0 Å². The summed E-state index contributed by atoms with van der Waals surface area (Å²) in [6.07, 6.45) is 3.79. The number of nitrogens with one attached hydrogen (secondary N) is 1. The minimum atomic E-state index is 0.274. The van der Waals surface area contributed by atoms with Crippen molar-refractivity contribution in [2.24, 2.45) is 0 Å². The Hall–Kier alpha value is -1.29. The van der Waals surface area contributed by atoms with Gasteiger partial charge in [0.05, 0.1) is 6.04 Å². The molecule has 4 rings (SSSR count). The molecule has 4 heteroatoms. The van der Waals surface area contributed by atoms with Gasteiger partial charge in [0.15, 0.2) is 0 Å². The predicted molar refractivity (Wildman–Crippen MR) is 78.0 cm³/mol. The largest absolute Gasteiger partial charge is 0.356 e. The van der Waals surface area contributed by atoms with Gasteiger partial charge in [-0.15, -0.1) is 0 Å². The van der Waals surface area contributed by atoms with Crippen molar-refractivity contribution in [1.29, 1.82) is 0 Å². The quantitative estimate of drug-likeness (QED) is 0.792. The van der Waals surface area contributed by atoms with Crippen molar-refractivity contribution in [2.45, 2.75) is 31.7 Å². The number of aromatic nitrogens is 1. The van der Waals surface area contributed by atoms with Crippen LogP contribution in [0.25, 0.3) is 10.9 Å². The molecule has 2 aliphatic rings. The van der Waals surface area contributed by atoms with E-state index >= 15 is 0 Å². The van der Waals surface area contributed by atoms with Crippen molar-refractivity contribution in [1.82, 2.24) is 9.88 Å². The third kappa shape index (κ3) is 1.66. The zero-order valence-corrected chi connectivity index (χ0v) is 12.2. The second kappa shape index (κ2) is 4.10. The van der Waals surface area contributed by atoms with Gasteiger partial charge < -0.3 is 9.88 Å². The lowest BCUT2D eigenvalue weighted by Gasteiger charge is -2.39. The van der Waals surface area contributed by atoms with Crippen molar-refractivity contribution in [2.75, 3.05) is 6.54 Å². The third-order valence-corrected chi connectivity index (χ3v) is 4.90. The first-order valence-corrected chi connectivity index (χ1v) is 7.63. The molecular formula is C15H15BrN2O. The molecule has 0 unspecified atom stereocenters. The average molecular weight is 319 g/mol. The first-order valence-electron chi connectivity index (χ1n) is 6.83. The van der Waals surface area contributed by atoms with E-state index in [9.17, 15) is 4.79 Å². The number of benzene rings is 1. The van der Waals surface area contributed by atoms with E-state index in [-0.39, 0.29) is 6.04 Å². The summed E-state index contributed by atoms with van der Waals surface area (Å²) < 4.78 is 1.09. The van der Waals surface area contributed by atoms with Gasteiger partial charge in [-0.1, -0.05) is 22.0 Å². The van der Waals surface area contributed by atoms with Crippen LogP contribution in [0.15, 0.2) is 22.7 Å². The van der Waals surface area contributed by atoms with Gasteiger partial charge in [-0.05, 0) is 37.0 Å². The van der Waals surface area contributed by atoms with Crippen LogP contribution in [0.4, 0.5) is 0 Å². The Morgan fingerprint density at radius 1 is 1.32 bits per heavy atom. The number of rotatable bonds is 0. The van der Waals surface area contributed by atoms with Crippen molar-refractivity contribution in [3.05, 3.63) is 33.9 Å². The van der Waals surface area contributed by atoms with Crippen LogP contribution in [0.1, 0.15) is 36.6 Å². The first kappa shape index (κ1) is 11.5. The number of carbonyl (C=O) groups excluding carboxylic acids is 1. The second-order valence-corrected chi connectivity index (χ2v) is 6.37. The molecule has 1 amide bonds. The highest BCUT2D eigenvalue weighted by Crippen LogP contribution is 2.40. The lowest BCUT2D eigenvalue weighted by Crippen LogP contribution is -2.42. The van der Waals surface area contributed by atoms with Crippen LogP contribution in [0.2, 0.25) is 0 Å². The minimum Gasteiger partial charge on any atom is -0.356 e. The molecule has 1 fully saturated rings. The molecule has 1 N–H and O–H groups in total. The molecule has 2 aliphatic heterocycles. The van der Waals surface area contributed by atoms with Crippen LogP contribution >= 0.6 is 15.9 Å². The molecule has 0 aliphatic carbocycles. The lowest BCUT2D eigenvalue weighted by molar-refractivity contribution is -0.137. The van der Waals surface area contributed by atoms with Gasteiger partial charge in [0, 0.05) is 34.0 Å². The molecular weight excluding hydrogens is 304 g/mol. The Balaban J connectivity index is 1.89.